The smallest absolute Gasteiger partial charge is 0.160 e. The lowest BCUT2D eigenvalue weighted by atomic mass is 10.1. The molecule has 0 bridgehead atoms. The van der Waals surface area contributed by atoms with Gasteiger partial charge in [-0.25, -0.2) is 9.67 Å². The van der Waals surface area contributed by atoms with E-state index in [1.807, 2.05) is 23.3 Å². The molecule has 0 radical (unpaired) electrons. The first-order valence-electron chi connectivity index (χ1n) is 8.80. The average Bonchev–Trinajstić information content (AvgIpc) is 2.98. The highest BCUT2D eigenvalue weighted by molar-refractivity contribution is 5.82. The van der Waals surface area contributed by atoms with Gasteiger partial charge < -0.3 is 0 Å². The Morgan fingerprint density at radius 3 is 2.46 bits per heavy atom. The Labute approximate surface area is 143 Å². The van der Waals surface area contributed by atoms with Crippen LogP contribution >= 0.6 is 0 Å². The van der Waals surface area contributed by atoms with Crippen LogP contribution in [0.25, 0.3) is 16.9 Å². The van der Waals surface area contributed by atoms with Crippen molar-refractivity contribution in [1.82, 2.24) is 24.5 Å². The SMILES string of the molecule is CCCCCc1c(C)nn(-c2cc(C)c3c(C)nn(C)c3n2)c1C. The fourth-order valence-corrected chi connectivity index (χ4v) is 3.56. The van der Waals surface area contributed by atoms with E-state index in [-0.39, 0.29) is 0 Å². The standard InChI is InChI=1S/C19H27N5/c1-7-8-9-10-16-13(3)22-24(15(16)5)17-11-12(2)18-14(4)21-23(6)19(18)20-17/h11H,7-10H2,1-6H3. The average molecular weight is 325 g/mol. The molecule has 0 N–H and O–H groups in total. The van der Waals surface area contributed by atoms with Crippen LogP contribution in [0.2, 0.25) is 0 Å². The molecule has 5 nitrogen and oxygen atoms in total. The summed E-state index contributed by atoms with van der Waals surface area (Å²) in [6.45, 7) is 10.6. The first-order chi connectivity index (χ1) is 11.4. The van der Waals surface area contributed by atoms with Crippen LogP contribution in [0.5, 0.6) is 0 Å². The molecule has 0 amide bonds. The number of pyridine rings is 1. The molecule has 3 heterocycles. The quantitative estimate of drug-likeness (QED) is 0.663. The maximum absolute atomic E-state index is 4.84. The number of hydrogen-bond donors (Lipinski definition) is 0. The molecule has 5 heteroatoms. The summed E-state index contributed by atoms with van der Waals surface area (Å²) in [6.07, 6.45) is 4.82. The van der Waals surface area contributed by atoms with Crippen LogP contribution in [0.15, 0.2) is 6.07 Å². The van der Waals surface area contributed by atoms with Gasteiger partial charge in [0.15, 0.2) is 11.5 Å². The van der Waals surface area contributed by atoms with E-state index in [1.165, 1.54) is 36.1 Å². The third-order valence-corrected chi connectivity index (χ3v) is 4.84. The summed E-state index contributed by atoms with van der Waals surface area (Å²) < 4.78 is 3.85. The molecule has 128 valence electrons. The zero-order valence-corrected chi connectivity index (χ0v) is 15.6. The predicted molar refractivity (Wildman–Crippen MR) is 97.8 cm³/mol. The normalized spacial score (nSPS) is 11.6. The Morgan fingerprint density at radius 2 is 1.75 bits per heavy atom. The first kappa shape index (κ1) is 16.7. The fourth-order valence-electron chi connectivity index (χ4n) is 3.56. The van der Waals surface area contributed by atoms with Gasteiger partial charge in [-0.15, -0.1) is 0 Å². The number of nitrogens with zero attached hydrogens (tertiary/aromatic N) is 5. The number of rotatable bonds is 5. The van der Waals surface area contributed by atoms with Crippen molar-refractivity contribution in [3.8, 4) is 5.82 Å². The molecule has 0 aromatic carbocycles. The van der Waals surface area contributed by atoms with E-state index in [0.717, 1.165) is 34.7 Å². The van der Waals surface area contributed by atoms with Crippen molar-refractivity contribution in [1.29, 1.82) is 0 Å². The lowest BCUT2D eigenvalue weighted by molar-refractivity contribution is 0.712. The van der Waals surface area contributed by atoms with Crippen molar-refractivity contribution < 1.29 is 0 Å². The van der Waals surface area contributed by atoms with E-state index in [2.05, 4.69) is 38.9 Å². The van der Waals surface area contributed by atoms with E-state index in [0.29, 0.717) is 0 Å². The minimum atomic E-state index is 0.880. The number of aryl methyl sites for hydroxylation is 4. The van der Waals surface area contributed by atoms with Crippen LogP contribution in [0, 0.1) is 27.7 Å². The largest absolute Gasteiger partial charge is 0.250 e. The van der Waals surface area contributed by atoms with Crippen LogP contribution in [-0.2, 0) is 13.5 Å². The second-order valence-electron chi connectivity index (χ2n) is 6.72. The van der Waals surface area contributed by atoms with Crippen LogP contribution < -0.4 is 0 Å². The van der Waals surface area contributed by atoms with E-state index in [4.69, 9.17) is 10.1 Å². The lowest BCUT2D eigenvalue weighted by Crippen LogP contribution is -2.04. The van der Waals surface area contributed by atoms with Crippen LogP contribution in [-0.4, -0.2) is 24.5 Å². The molecule has 0 spiro atoms. The molecule has 0 saturated carbocycles. The van der Waals surface area contributed by atoms with E-state index in [1.54, 1.807) is 0 Å². The van der Waals surface area contributed by atoms with Crippen molar-refractivity contribution in [2.45, 2.75) is 60.3 Å². The zero-order valence-electron chi connectivity index (χ0n) is 15.6. The minimum absolute atomic E-state index is 0.880. The molecule has 0 aliphatic heterocycles. The summed E-state index contributed by atoms with van der Waals surface area (Å²) in [5, 5.41) is 10.4. The predicted octanol–water partition coefficient (Wildman–Crippen LogP) is 4.12. The second kappa shape index (κ2) is 6.38. The van der Waals surface area contributed by atoms with Gasteiger partial charge >= 0.3 is 0 Å². The van der Waals surface area contributed by atoms with Gasteiger partial charge in [-0.05, 0) is 57.7 Å². The Morgan fingerprint density at radius 1 is 1.00 bits per heavy atom. The molecule has 0 aliphatic carbocycles. The van der Waals surface area contributed by atoms with Gasteiger partial charge in [0.2, 0.25) is 0 Å². The van der Waals surface area contributed by atoms with Crippen molar-refractivity contribution in [2.24, 2.45) is 7.05 Å². The molecule has 3 aromatic rings. The summed E-state index contributed by atoms with van der Waals surface area (Å²) in [7, 11) is 1.95. The Bertz CT molecular complexity index is 885. The third-order valence-electron chi connectivity index (χ3n) is 4.84. The first-order valence-corrected chi connectivity index (χ1v) is 8.80. The third kappa shape index (κ3) is 2.72. The van der Waals surface area contributed by atoms with Crippen molar-refractivity contribution in [3.05, 3.63) is 34.3 Å². The summed E-state index contributed by atoms with van der Waals surface area (Å²) >= 11 is 0. The molecule has 0 aliphatic rings. The summed E-state index contributed by atoms with van der Waals surface area (Å²) in [4.78, 5) is 4.84. The lowest BCUT2D eigenvalue weighted by Gasteiger charge is -2.07. The van der Waals surface area contributed by atoms with Gasteiger partial charge in [0.25, 0.3) is 0 Å². The van der Waals surface area contributed by atoms with Gasteiger partial charge in [-0.1, -0.05) is 19.8 Å². The molecule has 0 fully saturated rings. The number of hydrogen-bond acceptors (Lipinski definition) is 3. The topological polar surface area (TPSA) is 48.5 Å². The molecule has 24 heavy (non-hydrogen) atoms. The number of unbranched alkanes of at least 4 members (excludes halogenated alkanes) is 2. The highest BCUT2D eigenvalue weighted by Gasteiger charge is 2.16. The van der Waals surface area contributed by atoms with Crippen molar-refractivity contribution in [3.63, 3.8) is 0 Å². The van der Waals surface area contributed by atoms with E-state index in [9.17, 15) is 0 Å². The van der Waals surface area contributed by atoms with Crippen LogP contribution in [0.3, 0.4) is 0 Å². The zero-order chi connectivity index (χ0) is 17.4. The summed E-state index contributed by atoms with van der Waals surface area (Å²) in [6, 6.07) is 2.12. The Balaban J connectivity index is 2.08. The maximum atomic E-state index is 4.84. The van der Waals surface area contributed by atoms with Gasteiger partial charge in [0.1, 0.15) is 0 Å². The number of fused-ring (bicyclic) bond motifs is 1. The molecule has 0 saturated heterocycles. The molecule has 0 atom stereocenters. The Kier molecular flexibility index (Phi) is 4.43. The molecule has 3 aromatic heterocycles. The molecule has 3 rings (SSSR count). The van der Waals surface area contributed by atoms with E-state index < -0.39 is 0 Å². The molecular formula is C19H27N5. The summed E-state index contributed by atoms with van der Waals surface area (Å²) in [5.41, 5.74) is 6.82. The van der Waals surface area contributed by atoms with Gasteiger partial charge in [-0.3, -0.25) is 4.68 Å². The van der Waals surface area contributed by atoms with Crippen molar-refractivity contribution >= 4 is 11.0 Å². The Hall–Kier alpha value is -2.17. The van der Waals surface area contributed by atoms with Gasteiger partial charge in [0, 0.05) is 18.1 Å². The highest BCUT2D eigenvalue weighted by atomic mass is 15.3. The molecular weight excluding hydrogens is 298 g/mol. The summed E-state index contributed by atoms with van der Waals surface area (Å²) in [5.74, 6) is 0.880. The van der Waals surface area contributed by atoms with Crippen molar-refractivity contribution in [2.75, 3.05) is 0 Å². The fraction of sp³-hybridized carbons (Fsp3) is 0.526. The maximum Gasteiger partial charge on any atom is 0.160 e. The van der Waals surface area contributed by atoms with E-state index >= 15 is 0 Å². The highest BCUT2D eigenvalue weighted by Crippen LogP contribution is 2.25. The molecule has 0 unspecified atom stereocenters. The van der Waals surface area contributed by atoms with Crippen LogP contribution in [0.4, 0.5) is 0 Å². The monoisotopic (exact) mass is 325 g/mol. The minimum Gasteiger partial charge on any atom is -0.250 e. The van der Waals surface area contributed by atoms with Crippen LogP contribution in [0.1, 0.15) is 54.4 Å². The van der Waals surface area contributed by atoms with Gasteiger partial charge in [-0.2, -0.15) is 10.2 Å². The second-order valence-corrected chi connectivity index (χ2v) is 6.72. The van der Waals surface area contributed by atoms with Gasteiger partial charge in [0.05, 0.1) is 11.4 Å². The number of aromatic nitrogens is 5.